The first-order valence-corrected chi connectivity index (χ1v) is 5.90. The summed E-state index contributed by atoms with van der Waals surface area (Å²) < 4.78 is 0. The number of benzene rings is 1. The van der Waals surface area contributed by atoms with Crippen LogP contribution in [0.1, 0.15) is 5.56 Å². The molecule has 0 fully saturated rings. The first kappa shape index (κ1) is 12.6. The van der Waals surface area contributed by atoms with Crippen molar-refractivity contribution in [3.8, 4) is 6.07 Å². The predicted octanol–water partition coefficient (Wildman–Crippen LogP) is 1.84. The van der Waals surface area contributed by atoms with E-state index in [0.29, 0.717) is 22.5 Å². The van der Waals surface area contributed by atoms with Crippen molar-refractivity contribution in [2.75, 3.05) is 7.05 Å². The van der Waals surface area contributed by atoms with E-state index in [0.717, 1.165) is 5.39 Å². The summed E-state index contributed by atoms with van der Waals surface area (Å²) in [5, 5.41) is 13.2. The monoisotopic (exact) mass is 261 g/mol. The summed E-state index contributed by atoms with van der Waals surface area (Å²) in [6.45, 7) is 0. The van der Waals surface area contributed by atoms with Crippen molar-refractivity contribution in [2.24, 2.45) is 0 Å². The number of H-pyrrole nitrogens is 1. The topological polar surface area (TPSA) is 68.7 Å². The summed E-state index contributed by atoms with van der Waals surface area (Å²) in [5.41, 5.74) is 1.11. The molecule has 0 aliphatic rings. The van der Waals surface area contributed by atoms with Crippen molar-refractivity contribution in [3.05, 3.63) is 45.2 Å². The van der Waals surface area contributed by atoms with Gasteiger partial charge in [-0.05, 0) is 30.6 Å². The third-order valence-electron chi connectivity index (χ3n) is 2.81. The zero-order valence-electron chi connectivity index (χ0n) is 9.83. The van der Waals surface area contributed by atoms with Gasteiger partial charge in [-0.15, -0.1) is 0 Å². The van der Waals surface area contributed by atoms with Crippen LogP contribution in [0.2, 0.25) is 5.02 Å². The molecule has 0 saturated heterocycles. The second-order valence-corrected chi connectivity index (χ2v) is 4.47. The molecule has 1 aromatic carbocycles. The molecule has 0 saturated carbocycles. The molecule has 0 amide bonds. The zero-order valence-corrected chi connectivity index (χ0v) is 10.6. The van der Waals surface area contributed by atoms with E-state index in [9.17, 15) is 4.79 Å². The van der Waals surface area contributed by atoms with Crippen molar-refractivity contribution >= 4 is 22.5 Å². The van der Waals surface area contributed by atoms with E-state index in [4.69, 9.17) is 16.9 Å². The fourth-order valence-corrected chi connectivity index (χ4v) is 1.97. The molecule has 0 radical (unpaired) electrons. The summed E-state index contributed by atoms with van der Waals surface area (Å²) in [7, 11) is 1.70. The molecule has 92 valence electrons. The Bertz CT molecular complexity index is 672. The maximum Gasteiger partial charge on any atom is 0.251 e. The number of halogens is 1. The van der Waals surface area contributed by atoms with Crippen LogP contribution in [0.5, 0.6) is 0 Å². The molecule has 0 spiro atoms. The highest BCUT2D eigenvalue weighted by atomic mass is 35.5. The maximum atomic E-state index is 11.9. The van der Waals surface area contributed by atoms with Crippen molar-refractivity contribution in [1.29, 1.82) is 5.26 Å². The molecule has 4 nitrogen and oxygen atoms in total. The van der Waals surface area contributed by atoms with Gasteiger partial charge in [-0.25, -0.2) is 0 Å². The Morgan fingerprint density at radius 1 is 1.50 bits per heavy atom. The number of aromatic amines is 1. The van der Waals surface area contributed by atoms with Gasteiger partial charge in [0.25, 0.3) is 5.56 Å². The number of nitriles is 1. The van der Waals surface area contributed by atoms with Crippen LogP contribution in [0, 0.1) is 11.3 Å². The minimum Gasteiger partial charge on any atom is -0.322 e. The molecule has 0 aliphatic carbocycles. The van der Waals surface area contributed by atoms with Crippen LogP contribution in [-0.4, -0.2) is 18.1 Å². The molecule has 2 aromatic rings. The van der Waals surface area contributed by atoms with Crippen LogP contribution in [0.15, 0.2) is 29.1 Å². The Kier molecular flexibility index (Phi) is 3.66. The molecule has 1 aromatic heterocycles. The molecule has 1 unspecified atom stereocenters. The Morgan fingerprint density at radius 3 is 2.94 bits per heavy atom. The van der Waals surface area contributed by atoms with E-state index in [1.54, 1.807) is 25.2 Å². The number of nitrogens with one attached hydrogen (secondary N) is 2. The number of hydrogen-bond acceptors (Lipinski definition) is 3. The van der Waals surface area contributed by atoms with E-state index < -0.39 is 0 Å². The van der Waals surface area contributed by atoms with E-state index in [1.165, 1.54) is 0 Å². The molecular weight excluding hydrogens is 250 g/mol. The van der Waals surface area contributed by atoms with Gasteiger partial charge in [0.1, 0.15) is 0 Å². The number of hydrogen-bond donors (Lipinski definition) is 2. The lowest BCUT2D eigenvalue weighted by molar-refractivity contribution is 0.672. The van der Waals surface area contributed by atoms with Crippen LogP contribution in [0.4, 0.5) is 0 Å². The van der Waals surface area contributed by atoms with E-state index in [1.807, 2.05) is 6.07 Å². The predicted molar refractivity (Wildman–Crippen MR) is 71.7 cm³/mol. The highest BCUT2D eigenvalue weighted by molar-refractivity contribution is 6.31. The third-order valence-corrected chi connectivity index (χ3v) is 3.05. The van der Waals surface area contributed by atoms with E-state index >= 15 is 0 Å². The first-order chi connectivity index (χ1) is 8.63. The first-order valence-electron chi connectivity index (χ1n) is 5.52. The van der Waals surface area contributed by atoms with Gasteiger partial charge < -0.3 is 10.3 Å². The Labute approximate surface area is 109 Å². The Hall–Kier alpha value is -1.83. The number of likely N-dealkylation sites (N-methyl/N-ethyl adjacent to an activating group) is 1. The second-order valence-electron chi connectivity index (χ2n) is 4.03. The number of rotatable bonds is 3. The van der Waals surface area contributed by atoms with E-state index in [2.05, 4.69) is 16.4 Å². The summed E-state index contributed by atoms with van der Waals surface area (Å²) in [5.74, 6) is 0. The molecular formula is C13H12ClN3O. The van der Waals surface area contributed by atoms with Gasteiger partial charge in [0.2, 0.25) is 0 Å². The summed E-state index contributed by atoms with van der Waals surface area (Å²) in [4.78, 5) is 14.7. The lowest BCUT2D eigenvalue weighted by atomic mass is 10.1. The fourth-order valence-electron chi connectivity index (χ4n) is 1.80. The molecule has 2 N–H and O–H groups in total. The summed E-state index contributed by atoms with van der Waals surface area (Å²) in [6, 6.07) is 8.86. The molecule has 18 heavy (non-hydrogen) atoms. The average molecular weight is 262 g/mol. The highest BCUT2D eigenvalue weighted by Crippen LogP contribution is 2.17. The maximum absolute atomic E-state index is 11.9. The lowest BCUT2D eigenvalue weighted by Crippen LogP contribution is -2.28. The van der Waals surface area contributed by atoms with Crippen LogP contribution >= 0.6 is 11.6 Å². The molecule has 2 rings (SSSR count). The molecule has 1 heterocycles. The van der Waals surface area contributed by atoms with Crippen LogP contribution in [0.25, 0.3) is 10.9 Å². The van der Waals surface area contributed by atoms with Gasteiger partial charge in [0.15, 0.2) is 0 Å². The standard InChI is InChI=1S/C13H12ClN3O/c1-16-11(7-15)5-9-4-8-2-3-10(14)6-12(8)17-13(9)18/h2-4,6,11,16H,5H2,1H3,(H,17,18). The molecule has 0 bridgehead atoms. The SMILES string of the molecule is CNC(C#N)Cc1cc2ccc(Cl)cc2[nH]c1=O. The van der Waals surface area contributed by atoms with Crippen LogP contribution in [-0.2, 0) is 6.42 Å². The van der Waals surface area contributed by atoms with Gasteiger partial charge in [0, 0.05) is 22.5 Å². The highest BCUT2D eigenvalue weighted by Gasteiger charge is 2.09. The third kappa shape index (κ3) is 2.53. The largest absolute Gasteiger partial charge is 0.322 e. The smallest absolute Gasteiger partial charge is 0.251 e. The van der Waals surface area contributed by atoms with Crippen molar-refractivity contribution < 1.29 is 0 Å². The number of fused-ring (bicyclic) bond motifs is 1. The molecule has 5 heteroatoms. The molecule has 1 atom stereocenters. The van der Waals surface area contributed by atoms with Crippen molar-refractivity contribution in [3.63, 3.8) is 0 Å². The van der Waals surface area contributed by atoms with Crippen LogP contribution in [0.3, 0.4) is 0 Å². The average Bonchev–Trinajstić information content (AvgIpc) is 2.36. The van der Waals surface area contributed by atoms with Gasteiger partial charge >= 0.3 is 0 Å². The van der Waals surface area contributed by atoms with Crippen molar-refractivity contribution in [1.82, 2.24) is 10.3 Å². The van der Waals surface area contributed by atoms with Crippen LogP contribution < -0.4 is 10.9 Å². The van der Waals surface area contributed by atoms with Gasteiger partial charge in [-0.2, -0.15) is 5.26 Å². The number of pyridine rings is 1. The van der Waals surface area contributed by atoms with Gasteiger partial charge in [-0.1, -0.05) is 17.7 Å². The Morgan fingerprint density at radius 2 is 2.28 bits per heavy atom. The van der Waals surface area contributed by atoms with Crippen molar-refractivity contribution in [2.45, 2.75) is 12.5 Å². The fraction of sp³-hybridized carbons (Fsp3) is 0.231. The summed E-state index contributed by atoms with van der Waals surface area (Å²) in [6.07, 6.45) is 0.376. The number of aromatic nitrogens is 1. The minimum atomic E-state index is -0.365. The van der Waals surface area contributed by atoms with Gasteiger partial charge in [0.05, 0.1) is 12.1 Å². The molecule has 0 aliphatic heterocycles. The number of nitrogens with zero attached hydrogens (tertiary/aromatic N) is 1. The second kappa shape index (κ2) is 5.21. The van der Waals surface area contributed by atoms with E-state index in [-0.39, 0.29) is 11.6 Å². The summed E-state index contributed by atoms with van der Waals surface area (Å²) >= 11 is 5.86. The van der Waals surface area contributed by atoms with Gasteiger partial charge in [-0.3, -0.25) is 4.79 Å². The lowest BCUT2D eigenvalue weighted by Gasteiger charge is -2.07. The zero-order chi connectivity index (χ0) is 13.1. The minimum absolute atomic E-state index is 0.180. The normalized spacial score (nSPS) is 12.3. The quantitative estimate of drug-likeness (QED) is 0.886. The Balaban J connectivity index is 2.47.